The first-order valence-corrected chi connectivity index (χ1v) is 7.21. The van der Waals surface area contributed by atoms with Gasteiger partial charge in [-0.05, 0) is 30.8 Å². The van der Waals surface area contributed by atoms with Crippen LogP contribution in [0.1, 0.15) is 16.2 Å². The summed E-state index contributed by atoms with van der Waals surface area (Å²) in [6, 6.07) is 12.1. The largest absolute Gasteiger partial charge is 0.465 e. The molecule has 0 spiro atoms. The second-order valence-electron chi connectivity index (χ2n) is 5.02. The van der Waals surface area contributed by atoms with Crippen LogP contribution >= 0.6 is 49.6 Å². The number of benzene rings is 2. The summed E-state index contributed by atoms with van der Waals surface area (Å²) in [5.41, 5.74) is 7.25. The Hall–Kier alpha value is -1.57. The third-order valence-corrected chi connectivity index (χ3v) is 3.61. The van der Waals surface area contributed by atoms with Gasteiger partial charge in [0.1, 0.15) is 17.2 Å². The molecule has 2 N–H and O–H groups in total. The lowest BCUT2D eigenvalue weighted by molar-refractivity contribution is 0.0597. The number of imidazole rings is 1. The first-order valence-electron chi connectivity index (χ1n) is 7.21. The van der Waals surface area contributed by atoms with Gasteiger partial charge in [-0.15, -0.1) is 49.6 Å². The molecule has 1 heterocycles. The second-order valence-corrected chi connectivity index (χ2v) is 5.02. The minimum atomic E-state index is -0.732. The highest BCUT2D eigenvalue weighted by Crippen LogP contribution is 2.27. The highest BCUT2D eigenvalue weighted by atomic mass is 35.5. The number of hydrogen-bond donors (Lipinski definition) is 1. The van der Waals surface area contributed by atoms with E-state index in [1.54, 1.807) is 10.6 Å². The van der Waals surface area contributed by atoms with E-state index in [2.05, 4.69) is 4.98 Å². The Morgan fingerprint density at radius 2 is 1.74 bits per heavy atom. The first-order chi connectivity index (χ1) is 11.2. The lowest BCUT2D eigenvalue weighted by Gasteiger charge is -2.11. The van der Waals surface area contributed by atoms with Gasteiger partial charge in [-0.25, -0.2) is 14.2 Å². The van der Waals surface area contributed by atoms with E-state index in [1.165, 1.54) is 13.2 Å². The van der Waals surface area contributed by atoms with Crippen molar-refractivity contribution in [1.29, 1.82) is 0 Å². The molecular formula is C17H20Cl4FN3O2. The lowest BCUT2D eigenvalue weighted by atomic mass is 10.1. The van der Waals surface area contributed by atoms with Crippen LogP contribution in [0.25, 0.3) is 16.7 Å². The number of esters is 1. The molecular weight excluding hydrogens is 439 g/mol. The monoisotopic (exact) mass is 457 g/mol. The maximum Gasteiger partial charge on any atom is 0.343 e. The third kappa shape index (κ3) is 5.24. The van der Waals surface area contributed by atoms with Gasteiger partial charge in [0.05, 0.1) is 18.1 Å². The molecule has 150 valence electrons. The average molecular weight is 459 g/mol. The Labute approximate surface area is 181 Å². The Kier molecular flexibility index (Phi) is 12.3. The van der Waals surface area contributed by atoms with Gasteiger partial charge in [-0.1, -0.05) is 18.2 Å². The minimum Gasteiger partial charge on any atom is -0.465 e. The standard InChI is InChI=1S/C17H16FN3O2.4ClH/c1-23-17(22)15-12(18)7-8-13-16(15)21(14(20-13)9-10-19)11-5-3-2-4-6-11;;;;/h2-8H,9-10,19H2,1H3;4*1H. The van der Waals surface area contributed by atoms with Crippen molar-refractivity contribution in [3.05, 3.63) is 59.7 Å². The Morgan fingerprint density at radius 3 is 2.30 bits per heavy atom. The fourth-order valence-corrected chi connectivity index (χ4v) is 2.64. The SMILES string of the molecule is COC(=O)c1c(F)ccc2nc(CCN)n(-c3ccccc3)c12.Cl.Cl.Cl.Cl. The summed E-state index contributed by atoms with van der Waals surface area (Å²) in [5, 5.41) is 0. The van der Waals surface area contributed by atoms with E-state index < -0.39 is 11.8 Å². The van der Waals surface area contributed by atoms with Gasteiger partial charge in [0.15, 0.2) is 0 Å². The van der Waals surface area contributed by atoms with Crippen molar-refractivity contribution in [2.75, 3.05) is 13.7 Å². The van der Waals surface area contributed by atoms with Crippen molar-refractivity contribution in [1.82, 2.24) is 9.55 Å². The minimum absolute atomic E-state index is 0. The smallest absolute Gasteiger partial charge is 0.343 e. The number of aromatic nitrogens is 2. The number of hydrogen-bond acceptors (Lipinski definition) is 4. The summed E-state index contributed by atoms with van der Waals surface area (Å²) in [6.45, 7) is 0.395. The van der Waals surface area contributed by atoms with Gasteiger partial charge in [0.2, 0.25) is 0 Å². The van der Waals surface area contributed by atoms with E-state index in [4.69, 9.17) is 10.5 Å². The van der Waals surface area contributed by atoms with Gasteiger partial charge in [-0.2, -0.15) is 0 Å². The first kappa shape index (κ1) is 27.6. The third-order valence-electron chi connectivity index (χ3n) is 3.61. The molecule has 0 saturated carbocycles. The van der Waals surface area contributed by atoms with Crippen LogP contribution in [0, 0.1) is 5.82 Å². The van der Waals surface area contributed by atoms with Crippen LogP contribution in [0.4, 0.5) is 4.39 Å². The van der Waals surface area contributed by atoms with Crippen LogP contribution in [-0.2, 0) is 11.2 Å². The van der Waals surface area contributed by atoms with Crippen LogP contribution in [-0.4, -0.2) is 29.2 Å². The Balaban J connectivity index is 0. The molecule has 0 atom stereocenters. The van der Waals surface area contributed by atoms with E-state index in [0.29, 0.717) is 29.8 Å². The molecule has 0 fully saturated rings. The van der Waals surface area contributed by atoms with Crippen LogP contribution < -0.4 is 5.73 Å². The molecule has 3 aromatic rings. The molecule has 0 unspecified atom stereocenters. The molecule has 5 nitrogen and oxygen atoms in total. The van der Waals surface area contributed by atoms with E-state index in [1.807, 2.05) is 30.3 Å². The number of halogens is 5. The topological polar surface area (TPSA) is 70.1 Å². The number of methoxy groups -OCH3 is 1. The highest BCUT2D eigenvalue weighted by molar-refractivity contribution is 6.03. The maximum absolute atomic E-state index is 14.3. The van der Waals surface area contributed by atoms with Crippen molar-refractivity contribution in [3.8, 4) is 5.69 Å². The lowest BCUT2D eigenvalue weighted by Crippen LogP contribution is -2.11. The quantitative estimate of drug-likeness (QED) is 0.596. The maximum atomic E-state index is 14.3. The molecule has 0 bridgehead atoms. The predicted octanol–water partition coefficient (Wildman–Crippen LogP) is 4.14. The molecule has 1 aromatic heterocycles. The van der Waals surface area contributed by atoms with Crippen LogP contribution in [0.3, 0.4) is 0 Å². The zero-order valence-electron chi connectivity index (χ0n) is 14.3. The Bertz CT molecular complexity index is 875. The Morgan fingerprint density at radius 1 is 1.11 bits per heavy atom. The van der Waals surface area contributed by atoms with Gasteiger partial charge in [0.25, 0.3) is 0 Å². The number of carbonyl (C=O) groups excluding carboxylic acids is 1. The summed E-state index contributed by atoms with van der Waals surface area (Å²) in [4.78, 5) is 16.6. The average Bonchev–Trinajstić information content (AvgIpc) is 2.93. The van der Waals surface area contributed by atoms with Crippen molar-refractivity contribution < 1.29 is 13.9 Å². The highest BCUT2D eigenvalue weighted by Gasteiger charge is 2.23. The summed E-state index contributed by atoms with van der Waals surface area (Å²) in [5.74, 6) is -0.699. The van der Waals surface area contributed by atoms with Gasteiger partial charge >= 0.3 is 5.97 Å². The normalized spacial score (nSPS) is 9.30. The number of para-hydroxylation sites is 1. The van der Waals surface area contributed by atoms with Gasteiger partial charge < -0.3 is 10.5 Å². The van der Waals surface area contributed by atoms with Gasteiger partial charge in [-0.3, -0.25) is 4.57 Å². The number of nitrogens with two attached hydrogens (primary N) is 1. The molecule has 0 amide bonds. The molecule has 10 heteroatoms. The van der Waals surface area contributed by atoms with Crippen LogP contribution in [0.2, 0.25) is 0 Å². The van der Waals surface area contributed by atoms with Crippen molar-refractivity contribution >= 4 is 66.6 Å². The summed E-state index contributed by atoms with van der Waals surface area (Å²) in [7, 11) is 1.23. The van der Waals surface area contributed by atoms with E-state index in [-0.39, 0.29) is 55.2 Å². The summed E-state index contributed by atoms with van der Waals surface area (Å²) < 4.78 is 20.8. The molecule has 0 aliphatic carbocycles. The fraction of sp³-hybridized carbons (Fsp3) is 0.176. The predicted molar refractivity (Wildman–Crippen MR) is 114 cm³/mol. The molecule has 0 saturated heterocycles. The second kappa shape index (κ2) is 12.0. The molecule has 0 aliphatic rings. The zero-order chi connectivity index (χ0) is 16.4. The number of carbonyl (C=O) groups is 1. The van der Waals surface area contributed by atoms with Crippen LogP contribution in [0.5, 0.6) is 0 Å². The summed E-state index contributed by atoms with van der Waals surface area (Å²) >= 11 is 0. The van der Waals surface area contributed by atoms with Crippen molar-refractivity contribution in [3.63, 3.8) is 0 Å². The number of nitrogens with zero attached hydrogens (tertiary/aromatic N) is 2. The molecule has 3 rings (SSSR count). The molecule has 0 aliphatic heterocycles. The number of fused-ring (bicyclic) bond motifs is 1. The van der Waals surface area contributed by atoms with Crippen molar-refractivity contribution in [2.45, 2.75) is 6.42 Å². The van der Waals surface area contributed by atoms with Gasteiger partial charge in [0, 0.05) is 12.1 Å². The van der Waals surface area contributed by atoms with E-state index >= 15 is 0 Å². The summed E-state index contributed by atoms with van der Waals surface area (Å²) in [6.07, 6.45) is 0.506. The van der Waals surface area contributed by atoms with Crippen molar-refractivity contribution in [2.24, 2.45) is 5.73 Å². The fourth-order valence-electron chi connectivity index (χ4n) is 2.64. The number of ether oxygens (including phenoxy) is 1. The molecule has 2 aromatic carbocycles. The number of rotatable bonds is 4. The van der Waals surface area contributed by atoms with E-state index in [0.717, 1.165) is 5.69 Å². The molecule has 0 radical (unpaired) electrons. The zero-order valence-corrected chi connectivity index (χ0v) is 17.5. The van der Waals surface area contributed by atoms with Crippen LogP contribution in [0.15, 0.2) is 42.5 Å². The molecule has 27 heavy (non-hydrogen) atoms. The van der Waals surface area contributed by atoms with E-state index in [9.17, 15) is 9.18 Å².